The molecule has 0 aliphatic carbocycles. The average Bonchev–Trinajstić information content (AvgIpc) is 3.11. The second-order valence-electron chi connectivity index (χ2n) is 6.57. The van der Waals surface area contributed by atoms with Gasteiger partial charge in [-0.05, 0) is 31.5 Å². The lowest BCUT2D eigenvalue weighted by atomic mass is 10.1. The maximum absolute atomic E-state index is 13.6. The number of rotatable bonds is 4. The van der Waals surface area contributed by atoms with E-state index in [9.17, 15) is 22.8 Å². The zero-order valence-electron chi connectivity index (χ0n) is 15.8. The Morgan fingerprint density at radius 2 is 1.82 bits per heavy atom. The number of methoxy groups -OCH3 is 1. The van der Waals surface area contributed by atoms with E-state index in [1.54, 1.807) is 14.0 Å². The summed E-state index contributed by atoms with van der Waals surface area (Å²) in [4.78, 5) is 26.3. The number of carbonyl (C=O) groups is 2. The lowest BCUT2D eigenvalue weighted by molar-refractivity contribution is -0.128. The molecule has 1 saturated heterocycles. The number of aromatic nitrogens is 1. The summed E-state index contributed by atoms with van der Waals surface area (Å²) < 4.78 is 47.1. The number of benzene rings is 1. The molecular formula is C19H19F3N2O3S. The van der Waals surface area contributed by atoms with Crippen LogP contribution in [0.2, 0.25) is 0 Å². The predicted molar refractivity (Wildman–Crippen MR) is 98.3 cm³/mol. The monoisotopic (exact) mass is 412 g/mol. The number of ether oxygens (including phenoxy) is 1. The molecule has 1 aromatic carbocycles. The summed E-state index contributed by atoms with van der Waals surface area (Å²) in [6.45, 7) is 3.49. The van der Waals surface area contributed by atoms with Crippen molar-refractivity contribution in [2.24, 2.45) is 7.05 Å². The van der Waals surface area contributed by atoms with Crippen molar-refractivity contribution in [2.45, 2.75) is 25.8 Å². The fourth-order valence-electron chi connectivity index (χ4n) is 3.40. The van der Waals surface area contributed by atoms with E-state index in [0.717, 1.165) is 17.8 Å². The SMILES string of the molecule is COC(=O)c1c(C2SCC(=O)N2Cc2cc(F)c(F)c(F)c2)c(C)n(C)c1C. The molecule has 0 spiro atoms. The number of esters is 1. The molecule has 150 valence electrons. The number of thioether (sulfide) groups is 1. The molecule has 1 aliphatic rings. The molecule has 1 amide bonds. The van der Waals surface area contributed by atoms with Crippen molar-refractivity contribution in [1.29, 1.82) is 0 Å². The third-order valence-corrected chi connectivity index (χ3v) is 6.25. The molecule has 0 N–H and O–H groups in total. The van der Waals surface area contributed by atoms with Crippen molar-refractivity contribution in [3.05, 3.63) is 57.7 Å². The van der Waals surface area contributed by atoms with E-state index in [1.807, 2.05) is 11.5 Å². The van der Waals surface area contributed by atoms with Gasteiger partial charge in [0.05, 0.1) is 18.4 Å². The van der Waals surface area contributed by atoms with Gasteiger partial charge in [-0.15, -0.1) is 11.8 Å². The van der Waals surface area contributed by atoms with Crippen LogP contribution < -0.4 is 0 Å². The minimum atomic E-state index is -1.55. The highest BCUT2D eigenvalue weighted by Gasteiger charge is 2.38. The van der Waals surface area contributed by atoms with Crippen LogP contribution in [-0.4, -0.2) is 34.2 Å². The number of nitrogens with zero attached hydrogens (tertiary/aromatic N) is 2. The van der Waals surface area contributed by atoms with Crippen molar-refractivity contribution >= 4 is 23.6 Å². The molecule has 1 unspecified atom stereocenters. The van der Waals surface area contributed by atoms with Gasteiger partial charge in [0, 0.05) is 30.5 Å². The second kappa shape index (κ2) is 7.54. The smallest absolute Gasteiger partial charge is 0.340 e. The molecule has 2 aromatic rings. The first-order valence-corrected chi connectivity index (χ1v) is 9.50. The highest BCUT2D eigenvalue weighted by atomic mass is 32.2. The minimum absolute atomic E-state index is 0.112. The Morgan fingerprint density at radius 3 is 2.39 bits per heavy atom. The molecule has 1 aromatic heterocycles. The average molecular weight is 412 g/mol. The first-order valence-electron chi connectivity index (χ1n) is 8.45. The molecule has 1 atom stereocenters. The molecule has 0 radical (unpaired) electrons. The third-order valence-electron chi connectivity index (χ3n) is 5.03. The topological polar surface area (TPSA) is 51.5 Å². The normalized spacial score (nSPS) is 16.8. The number of hydrogen-bond acceptors (Lipinski definition) is 4. The Morgan fingerprint density at radius 1 is 1.21 bits per heavy atom. The molecule has 2 heterocycles. The van der Waals surface area contributed by atoms with Crippen LogP contribution in [0.25, 0.3) is 0 Å². The van der Waals surface area contributed by atoms with Gasteiger partial charge in [-0.3, -0.25) is 4.79 Å². The Balaban J connectivity index is 2.04. The van der Waals surface area contributed by atoms with E-state index in [1.165, 1.54) is 23.8 Å². The number of amides is 1. The Labute approximate surface area is 164 Å². The lowest BCUT2D eigenvalue weighted by Gasteiger charge is -2.25. The van der Waals surface area contributed by atoms with E-state index in [2.05, 4.69) is 0 Å². The summed E-state index contributed by atoms with van der Waals surface area (Å²) in [5.41, 5.74) is 2.61. The van der Waals surface area contributed by atoms with Crippen LogP contribution in [0.15, 0.2) is 12.1 Å². The molecule has 0 saturated carbocycles. The predicted octanol–water partition coefficient (Wildman–Crippen LogP) is 3.62. The van der Waals surface area contributed by atoms with E-state index in [4.69, 9.17) is 4.74 Å². The van der Waals surface area contributed by atoms with Gasteiger partial charge in [-0.2, -0.15) is 0 Å². The van der Waals surface area contributed by atoms with Crippen molar-refractivity contribution in [2.75, 3.05) is 12.9 Å². The minimum Gasteiger partial charge on any atom is -0.465 e. The van der Waals surface area contributed by atoms with Crippen LogP contribution in [0.1, 0.15) is 38.2 Å². The number of hydrogen-bond donors (Lipinski definition) is 0. The zero-order chi connectivity index (χ0) is 20.7. The van der Waals surface area contributed by atoms with Gasteiger partial charge >= 0.3 is 5.97 Å². The van der Waals surface area contributed by atoms with Gasteiger partial charge in [0.1, 0.15) is 5.37 Å². The zero-order valence-corrected chi connectivity index (χ0v) is 16.6. The summed E-state index contributed by atoms with van der Waals surface area (Å²) in [6.07, 6.45) is 0. The van der Waals surface area contributed by atoms with Crippen LogP contribution >= 0.6 is 11.8 Å². The maximum atomic E-state index is 13.6. The molecule has 28 heavy (non-hydrogen) atoms. The van der Waals surface area contributed by atoms with E-state index < -0.39 is 28.8 Å². The van der Waals surface area contributed by atoms with Crippen molar-refractivity contribution in [1.82, 2.24) is 9.47 Å². The largest absolute Gasteiger partial charge is 0.465 e. The highest BCUT2D eigenvalue weighted by molar-refractivity contribution is 8.00. The van der Waals surface area contributed by atoms with Gasteiger partial charge in [0.25, 0.3) is 0 Å². The first-order chi connectivity index (χ1) is 13.2. The van der Waals surface area contributed by atoms with Crippen molar-refractivity contribution in [3.8, 4) is 0 Å². The molecule has 5 nitrogen and oxygen atoms in total. The standard InChI is InChI=1S/C19H19F3N2O3S/c1-9-15(16(19(26)27-4)10(2)23(9)3)18-24(14(25)8-28-18)7-11-5-12(20)17(22)13(21)6-11/h5-6,18H,7-8H2,1-4H3. The molecular weight excluding hydrogens is 393 g/mol. The Bertz CT molecular complexity index is 951. The van der Waals surface area contributed by atoms with Gasteiger partial charge in [-0.25, -0.2) is 18.0 Å². The third kappa shape index (κ3) is 3.28. The summed E-state index contributed by atoms with van der Waals surface area (Å²) in [5, 5.41) is -0.530. The molecule has 1 aliphatic heterocycles. The number of carbonyl (C=O) groups excluding carboxylic acids is 2. The van der Waals surface area contributed by atoms with Crippen molar-refractivity contribution in [3.63, 3.8) is 0 Å². The van der Waals surface area contributed by atoms with Crippen molar-refractivity contribution < 1.29 is 27.5 Å². The van der Waals surface area contributed by atoms with E-state index in [0.29, 0.717) is 16.8 Å². The summed E-state index contributed by atoms with van der Waals surface area (Å²) in [5.74, 6) is -4.78. The van der Waals surface area contributed by atoms with Gasteiger partial charge in [0.2, 0.25) is 5.91 Å². The van der Waals surface area contributed by atoms with Crippen LogP contribution in [0.3, 0.4) is 0 Å². The quantitative estimate of drug-likeness (QED) is 0.569. The fourth-order valence-corrected chi connectivity index (χ4v) is 4.69. The molecule has 9 heteroatoms. The summed E-state index contributed by atoms with van der Waals surface area (Å²) in [7, 11) is 3.08. The van der Waals surface area contributed by atoms with E-state index in [-0.39, 0.29) is 23.8 Å². The second-order valence-corrected chi connectivity index (χ2v) is 7.64. The Hall–Kier alpha value is -2.42. The summed E-state index contributed by atoms with van der Waals surface area (Å²) >= 11 is 1.31. The lowest BCUT2D eigenvalue weighted by Crippen LogP contribution is -2.29. The van der Waals surface area contributed by atoms with Gasteiger partial charge in [0.15, 0.2) is 17.5 Å². The van der Waals surface area contributed by atoms with Crippen LogP contribution in [0.5, 0.6) is 0 Å². The Kier molecular flexibility index (Phi) is 5.47. The van der Waals surface area contributed by atoms with Gasteiger partial charge < -0.3 is 14.2 Å². The molecule has 0 bridgehead atoms. The highest BCUT2D eigenvalue weighted by Crippen LogP contribution is 2.44. The maximum Gasteiger partial charge on any atom is 0.340 e. The number of halogens is 3. The molecule has 3 rings (SSSR count). The first kappa shape index (κ1) is 20.3. The molecule has 1 fully saturated rings. The van der Waals surface area contributed by atoms with E-state index >= 15 is 0 Å². The van der Waals surface area contributed by atoms with Gasteiger partial charge in [-0.1, -0.05) is 0 Å². The van der Waals surface area contributed by atoms with Crippen LogP contribution in [0, 0.1) is 31.3 Å². The fraction of sp³-hybridized carbons (Fsp3) is 0.368. The van der Waals surface area contributed by atoms with Crippen LogP contribution in [-0.2, 0) is 23.1 Å². The summed E-state index contributed by atoms with van der Waals surface area (Å²) in [6, 6.07) is 1.74. The van der Waals surface area contributed by atoms with Crippen LogP contribution in [0.4, 0.5) is 13.2 Å².